The van der Waals surface area contributed by atoms with E-state index in [9.17, 15) is 0 Å². The van der Waals surface area contributed by atoms with E-state index < -0.39 is 0 Å². The fourth-order valence-corrected chi connectivity index (χ4v) is 3.49. The highest BCUT2D eigenvalue weighted by atomic mass is 127. The van der Waals surface area contributed by atoms with Gasteiger partial charge in [0.15, 0.2) is 5.96 Å². The van der Waals surface area contributed by atoms with Crippen molar-refractivity contribution in [3.8, 4) is 0 Å². The molecule has 2 aliphatic rings. The van der Waals surface area contributed by atoms with E-state index in [-0.39, 0.29) is 24.0 Å². The van der Waals surface area contributed by atoms with Gasteiger partial charge in [-0.2, -0.15) is 0 Å². The molecule has 0 aromatic heterocycles. The van der Waals surface area contributed by atoms with Crippen LogP contribution < -0.4 is 10.6 Å². The van der Waals surface area contributed by atoms with Crippen LogP contribution in [-0.2, 0) is 6.54 Å². The Balaban J connectivity index is 0.00000208. The Labute approximate surface area is 163 Å². The number of hydrogen-bond acceptors (Lipinski definition) is 2. The zero-order chi connectivity index (χ0) is 16.2. The Hall–Kier alpha value is -0.820. The lowest BCUT2D eigenvalue weighted by atomic mass is 10.1. The van der Waals surface area contributed by atoms with Crippen molar-refractivity contribution < 1.29 is 0 Å². The molecule has 1 aromatic rings. The van der Waals surface area contributed by atoms with E-state index >= 15 is 0 Å². The first kappa shape index (κ1) is 19.5. The summed E-state index contributed by atoms with van der Waals surface area (Å²) < 4.78 is 0. The monoisotopic (exact) mass is 442 g/mol. The Bertz CT molecular complexity index is 568. The number of likely N-dealkylation sites (tertiary alicyclic amines) is 1. The number of aryl methyl sites for hydroxylation is 2. The third-order valence-electron chi connectivity index (χ3n) is 5.11. The second-order valence-electron chi connectivity index (χ2n) is 7.12. The number of rotatable bonds is 5. The molecule has 3 rings (SSSR count). The summed E-state index contributed by atoms with van der Waals surface area (Å²) in [4.78, 5) is 7.02. The fourth-order valence-electron chi connectivity index (χ4n) is 3.49. The maximum absolute atomic E-state index is 4.36. The third kappa shape index (κ3) is 5.34. The minimum atomic E-state index is 0. The number of hydrogen-bond donors (Lipinski definition) is 2. The van der Waals surface area contributed by atoms with Crippen molar-refractivity contribution in [2.75, 3.05) is 26.7 Å². The summed E-state index contributed by atoms with van der Waals surface area (Å²) in [6, 6.07) is 7.51. The summed E-state index contributed by atoms with van der Waals surface area (Å²) in [5, 5.41) is 6.95. The zero-order valence-electron chi connectivity index (χ0n) is 15.1. The van der Waals surface area contributed by atoms with Gasteiger partial charge in [0.05, 0.1) is 0 Å². The smallest absolute Gasteiger partial charge is 0.191 e. The molecule has 0 amide bonds. The van der Waals surface area contributed by atoms with Crippen molar-refractivity contribution in [2.45, 2.75) is 45.7 Å². The third-order valence-corrected chi connectivity index (χ3v) is 5.11. The van der Waals surface area contributed by atoms with Crippen LogP contribution in [0.5, 0.6) is 0 Å². The summed E-state index contributed by atoms with van der Waals surface area (Å²) in [6.07, 6.45) is 4.15. The van der Waals surface area contributed by atoms with Gasteiger partial charge >= 0.3 is 0 Å². The maximum atomic E-state index is 4.36. The second kappa shape index (κ2) is 9.04. The minimum absolute atomic E-state index is 0. The van der Waals surface area contributed by atoms with Crippen LogP contribution in [0.2, 0.25) is 0 Å². The molecule has 1 heterocycles. The number of aliphatic imine (C=N–C) groups is 1. The van der Waals surface area contributed by atoms with E-state index in [1.165, 1.54) is 49.0 Å². The molecule has 1 aliphatic heterocycles. The number of nitrogens with zero attached hydrogens (tertiary/aromatic N) is 2. The van der Waals surface area contributed by atoms with E-state index in [1.807, 2.05) is 7.05 Å². The van der Waals surface area contributed by atoms with E-state index in [4.69, 9.17) is 0 Å². The summed E-state index contributed by atoms with van der Waals surface area (Å²) in [6.45, 7) is 8.69. The fraction of sp³-hybridized carbons (Fsp3) is 0.632. The van der Waals surface area contributed by atoms with E-state index in [2.05, 4.69) is 52.6 Å². The van der Waals surface area contributed by atoms with Crippen LogP contribution in [0.4, 0.5) is 0 Å². The lowest BCUT2D eigenvalue weighted by Crippen LogP contribution is -2.40. The standard InChI is InChI=1S/C19H30N4.HI/c1-14-4-5-17(15(2)10-14)12-22-19(20-3)21-11-16-8-9-23(13-16)18-6-7-18;/h4-5,10,16,18H,6-9,11-13H2,1-3H3,(H2,20,21,22);1H. The highest BCUT2D eigenvalue weighted by Gasteiger charge is 2.34. The van der Waals surface area contributed by atoms with Crippen LogP contribution in [0.3, 0.4) is 0 Å². The lowest BCUT2D eigenvalue weighted by molar-refractivity contribution is 0.314. The molecule has 4 nitrogen and oxygen atoms in total. The van der Waals surface area contributed by atoms with Crippen LogP contribution in [0.15, 0.2) is 23.2 Å². The van der Waals surface area contributed by atoms with Gasteiger partial charge in [-0.05, 0) is 56.7 Å². The first-order valence-corrected chi connectivity index (χ1v) is 8.90. The number of guanidine groups is 1. The first-order chi connectivity index (χ1) is 11.2. The van der Waals surface area contributed by atoms with Gasteiger partial charge in [-0.1, -0.05) is 23.8 Å². The molecular formula is C19H31IN4. The highest BCUT2D eigenvalue weighted by molar-refractivity contribution is 14.0. The van der Waals surface area contributed by atoms with Crippen LogP contribution >= 0.6 is 24.0 Å². The van der Waals surface area contributed by atoms with E-state index in [1.54, 1.807) is 0 Å². The molecule has 1 saturated carbocycles. The van der Waals surface area contributed by atoms with Crippen molar-refractivity contribution >= 4 is 29.9 Å². The average molecular weight is 442 g/mol. The van der Waals surface area contributed by atoms with Gasteiger partial charge in [0, 0.05) is 32.7 Å². The van der Waals surface area contributed by atoms with Crippen molar-refractivity contribution in [1.29, 1.82) is 0 Å². The summed E-state index contributed by atoms with van der Waals surface area (Å²) in [7, 11) is 1.85. The van der Waals surface area contributed by atoms with Crippen molar-refractivity contribution in [1.82, 2.24) is 15.5 Å². The van der Waals surface area contributed by atoms with E-state index in [0.717, 1.165) is 31.0 Å². The largest absolute Gasteiger partial charge is 0.356 e. The Kier molecular flexibility index (Phi) is 7.34. The Morgan fingerprint density at radius 2 is 2.00 bits per heavy atom. The Morgan fingerprint density at radius 3 is 2.67 bits per heavy atom. The quantitative estimate of drug-likeness (QED) is 0.419. The van der Waals surface area contributed by atoms with Gasteiger partial charge in [-0.15, -0.1) is 24.0 Å². The molecule has 134 valence electrons. The molecule has 1 aliphatic carbocycles. The molecule has 1 unspecified atom stereocenters. The van der Waals surface area contributed by atoms with Gasteiger partial charge < -0.3 is 15.5 Å². The average Bonchev–Trinajstić information content (AvgIpc) is 3.28. The molecule has 0 radical (unpaired) electrons. The number of benzene rings is 1. The van der Waals surface area contributed by atoms with E-state index in [0.29, 0.717) is 0 Å². The van der Waals surface area contributed by atoms with Crippen LogP contribution in [0, 0.1) is 19.8 Å². The van der Waals surface area contributed by atoms with Gasteiger partial charge in [-0.3, -0.25) is 4.99 Å². The molecule has 1 aromatic carbocycles. The minimum Gasteiger partial charge on any atom is -0.356 e. The van der Waals surface area contributed by atoms with Crippen molar-refractivity contribution in [2.24, 2.45) is 10.9 Å². The van der Waals surface area contributed by atoms with Crippen LogP contribution in [-0.4, -0.2) is 43.6 Å². The van der Waals surface area contributed by atoms with Crippen molar-refractivity contribution in [3.05, 3.63) is 34.9 Å². The molecule has 24 heavy (non-hydrogen) atoms. The normalized spacial score (nSPS) is 21.5. The molecule has 0 bridgehead atoms. The number of nitrogens with one attached hydrogen (secondary N) is 2. The summed E-state index contributed by atoms with van der Waals surface area (Å²) >= 11 is 0. The Morgan fingerprint density at radius 1 is 1.21 bits per heavy atom. The molecule has 0 spiro atoms. The highest BCUT2D eigenvalue weighted by Crippen LogP contribution is 2.31. The predicted molar refractivity (Wildman–Crippen MR) is 112 cm³/mol. The van der Waals surface area contributed by atoms with Crippen molar-refractivity contribution in [3.63, 3.8) is 0 Å². The maximum Gasteiger partial charge on any atom is 0.191 e. The predicted octanol–water partition coefficient (Wildman–Crippen LogP) is 3.07. The summed E-state index contributed by atoms with van der Waals surface area (Å²) in [5.41, 5.74) is 3.98. The molecule has 1 saturated heterocycles. The molecule has 5 heteroatoms. The summed E-state index contributed by atoms with van der Waals surface area (Å²) in [5.74, 6) is 1.67. The first-order valence-electron chi connectivity index (χ1n) is 8.90. The second-order valence-corrected chi connectivity index (χ2v) is 7.12. The van der Waals surface area contributed by atoms with Gasteiger partial charge in [0.2, 0.25) is 0 Å². The molecule has 1 atom stereocenters. The molecular weight excluding hydrogens is 411 g/mol. The van der Waals surface area contributed by atoms with Crippen LogP contribution in [0.1, 0.15) is 36.0 Å². The van der Waals surface area contributed by atoms with Gasteiger partial charge in [0.1, 0.15) is 0 Å². The molecule has 2 fully saturated rings. The van der Waals surface area contributed by atoms with Gasteiger partial charge in [-0.25, -0.2) is 0 Å². The van der Waals surface area contributed by atoms with Gasteiger partial charge in [0.25, 0.3) is 0 Å². The topological polar surface area (TPSA) is 39.7 Å². The SMILES string of the molecule is CN=C(NCc1ccc(C)cc1C)NCC1CCN(C2CC2)C1.I. The zero-order valence-corrected chi connectivity index (χ0v) is 17.5. The van der Waals surface area contributed by atoms with Crippen LogP contribution in [0.25, 0.3) is 0 Å². The molecule has 2 N–H and O–H groups in total. The number of halogens is 1. The lowest BCUT2D eigenvalue weighted by Gasteiger charge is -2.17.